The molecule has 0 radical (unpaired) electrons. The van der Waals surface area contributed by atoms with Gasteiger partial charge in [-0.1, -0.05) is 56.0 Å². The van der Waals surface area contributed by atoms with Crippen molar-refractivity contribution in [3.05, 3.63) is 60.2 Å². The van der Waals surface area contributed by atoms with Crippen LogP contribution >= 0.6 is 0 Å². The number of aliphatic hydroxyl groups is 1. The molecule has 0 spiro atoms. The van der Waals surface area contributed by atoms with E-state index < -0.39 is 5.60 Å². The minimum atomic E-state index is -0.609. The lowest BCUT2D eigenvalue weighted by Crippen LogP contribution is -2.49. The van der Waals surface area contributed by atoms with Crippen LogP contribution in [0.25, 0.3) is 0 Å². The van der Waals surface area contributed by atoms with Crippen molar-refractivity contribution in [2.75, 3.05) is 39.8 Å². The number of likely N-dealkylation sites (N-methyl/N-ethyl adjacent to an activating group) is 1. The Labute approximate surface area is 181 Å². The maximum atomic E-state index is 11.8. The fraction of sp³-hybridized carbons (Fsp3) is 0.538. The van der Waals surface area contributed by atoms with Crippen molar-refractivity contribution in [2.45, 2.75) is 50.0 Å². The van der Waals surface area contributed by atoms with Crippen LogP contribution in [0.5, 0.6) is 11.5 Å². The maximum Gasteiger partial charge on any atom is 0.127 e. The Morgan fingerprint density at radius 1 is 0.833 bits per heavy atom. The lowest BCUT2D eigenvalue weighted by molar-refractivity contribution is -0.0171. The van der Waals surface area contributed by atoms with Gasteiger partial charge in [0.05, 0.1) is 5.60 Å². The molecule has 1 aliphatic carbocycles. The van der Waals surface area contributed by atoms with Gasteiger partial charge < -0.3 is 19.6 Å². The molecule has 30 heavy (non-hydrogen) atoms. The van der Waals surface area contributed by atoms with E-state index in [1.165, 1.54) is 18.4 Å². The number of piperazine rings is 1. The topological polar surface area (TPSA) is 35.9 Å². The zero-order valence-corrected chi connectivity index (χ0v) is 18.3. The van der Waals surface area contributed by atoms with Crippen LogP contribution in [0.1, 0.15) is 50.0 Å². The molecule has 2 aromatic rings. The van der Waals surface area contributed by atoms with E-state index >= 15 is 0 Å². The highest BCUT2D eigenvalue weighted by atomic mass is 16.5. The van der Waals surface area contributed by atoms with Crippen molar-refractivity contribution < 1.29 is 9.84 Å². The molecule has 0 bridgehead atoms. The summed E-state index contributed by atoms with van der Waals surface area (Å²) in [6, 6.07) is 18.3. The highest BCUT2D eigenvalue weighted by molar-refractivity contribution is 5.35. The van der Waals surface area contributed by atoms with Gasteiger partial charge in [0, 0.05) is 38.6 Å². The number of nitrogens with zero attached hydrogens (tertiary/aromatic N) is 2. The van der Waals surface area contributed by atoms with Gasteiger partial charge in [0.1, 0.15) is 11.5 Å². The summed E-state index contributed by atoms with van der Waals surface area (Å²) in [5.74, 6) is 1.84. The molecule has 162 valence electrons. The van der Waals surface area contributed by atoms with Gasteiger partial charge in [0.25, 0.3) is 0 Å². The van der Waals surface area contributed by atoms with Gasteiger partial charge in [-0.15, -0.1) is 0 Å². The van der Waals surface area contributed by atoms with Crippen molar-refractivity contribution in [1.82, 2.24) is 9.80 Å². The molecule has 4 heteroatoms. The summed E-state index contributed by atoms with van der Waals surface area (Å²) >= 11 is 0. The van der Waals surface area contributed by atoms with Crippen LogP contribution in [0.4, 0.5) is 0 Å². The van der Waals surface area contributed by atoms with E-state index in [0.29, 0.717) is 0 Å². The van der Waals surface area contributed by atoms with Gasteiger partial charge in [0.15, 0.2) is 0 Å². The zero-order valence-electron chi connectivity index (χ0n) is 18.3. The molecule has 1 saturated heterocycles. The van der Waals surface area contributed by atoms with E-state index in [4.69, 9.17) is 4.74 Å². The summed E-state index contributed by atoms with van der Waals surface area (Å²) in [6.45, 7) is 5.31. The summed E-state index contributed by atoms with van der Waals surface area (Å²) in [7, 11) is 2.19. The SMILES string of the molecule is CN1CCN(CC(c2ccc(Oc3ccccc3)cc2)C2(O)CCCCCC2)CC1. The summed E-state index contributed by atoms with van der Waals surface area (Å²) in [5.41, 5.74) is 0.625. The smallest absolute Gasteiger partial charge is 0.127 e. The third-order valence-electron chi connectivity index (χ3n) is 6.92. The molecule has 2 fully saturated rings. The molecular weight excluding hydrogens is 372 g/mol. The first kappa shape index (κ1) is 21.4. The van der Waals surface area contributed by atoms with Crippen LogP contribution in [0.15, 0.2) is 54.6 Å². The van der Waals surface area contributed by atoms with Crippen LogP contribution in [0, 0.1) is 0 Å². The summed E-state index contributed by atoms with van der Waals surface area (Å²) < 4.78 is 5.99. The van der Waals surface area contributed by atoms with E-state index in [1.54, 1.807) is 0 Å². The molecule has 1 heterocycles. The lowest BCUT2D eigenvalue weighted by Gasteiger charge is -2.41. The van der Waals surface area contributed by atoms with Crippen molar-refractivity contribution in [1.29, 1.82) is 0 Å². The van der Waals surface area contributed by atoms with E-state index in [2.05, 4.69) is 41.1 Å². The van der Waals surface area contributed by atoms with Crippen LogP contribution in [0.3, 0.4) is 0 Å². The standard InChI is InChI=1S/C26H36N2O2/c1-27-17-19-28(20-18-27)21-25(26(29)15-7-2-3-8-16-26)22-11-13-24(14-12-22)30-23-9-5-4-6-10-23/h4-6,9-14,25,29H,2-3,7-8,15-21H2,1H3. The molecule has 2 aromatic carbocycles. The summed E-state index contributed by atoms with van der Waals surface area (Å²) in [5, 5.41) is 11.8. The number of hydrogen-bond donors (Lipinski definition) is 1. The molecule has 0 aromatic heterocycles. The number of benzene rings is 2. The Balaban J connectivity index is 1.53. The van der Waals surface area contributed by atoms with E-state index in [-0.39, 0.29) is 5.92 Å². The summed E-state index contributed by atoms with van der Waals surface area (Å²) in [6.07, 6.45) is 6.57. The Bertz CT molecular complexity index is 761. The van der Waals surface area contributed by atoms with E-state index in [0.717, 1.165) is 69.9 Å². The van der Waals surface area contributed by atoms with Gasteiger partial charge >= 0.3 is 0 Å². The fourth-order valence-corrected chi connectivity index (χ4v) is 4.96. The van der Waals surface area contributed by atoms with Crippen molar-refractivity contribution in [3.8, 4) is 11.5 Å². The largest absolute Gasteiger partial charge is 0.457 e. The van der Waals surface area contributed by atoms with Crippen LogP contribution < -0.4 is 4.74 Å². The molecule has 2 aliphatic rings. The minimum Gasteiger partial charge on any atom is -0.457 e. The Hall–Kier alpha value is -1.88. The fourth-order valence-electron chi connectivity index (χ4n) is 4.96. The molecule has 1 unspecified atom stereocenters. The van der Waals surface area contributed by atoms with E-state index in [9.17, 15) is 5.11 Å². The normalized spacial score (nSPS) is 21.7. The minimum absolute atomic E-state index is 0.143. The second-order valence-electron chi connectivity index (χ2n) is 9.16. The molecule has 1 N–H and O–H groups in total. The molecular formula is C26H36N2O2. The van der Waals surface area contributed by atoms with Gasteiger partial charge in [-0.05, 0) is 49.7 Å². The van der Waals surface area contributed by atoms with Gasteiger partial charge in [-0.3, -0.25) is 0 Å². The Kier molecular flexibility index (Phi) is 7.08. The molecule has 1 saturated carbocycles. The molecule has 1 aliphatic heterocycles. The second kappa shape index (κ2) is 9.95. The Morgan fingerprint density at radius 3 is 2.07 bits per heavy atom. The second-order valence-corrected chi connectivity index (χ2v) is 9.16. The molecule has 1 atom stereocenters. The number of rotatable bonds is 6. The third kappa shape index (κ3) is 5.42. The monoisotopic (exact) mass is 408 g/mol. The van der Waals surface area contributed by atoms with Crippen LogP contribution in [-0.4, -0.2) is 60.3 Å². The van der Waals surface area contributed by atoms with Gasteiger partial charge in [-0.2, -0.15) is 0 Å². The van der Waals surface area contributed by atoms with Gasteiger partial charge in [0.2, 0.25) is 0 Å². The van der Waals surface area contributed by atoms with Crippen molar-refractivity contribution in [2.24, 2.45) is 0 Å². The predicted molar refractivity (Wildman–Crippen MR) is 122 cm³/mol. The molecule has 4 nitrogen and oxygen atoms in total. The first-order valence-corrected chi connectivity index (χ1v) is 11.6. The molecule has 0 amide bonds. The lowest BCUT2D eigenvalue weighted by atomic mass is 9.76. The number of hydrogen-bond acceptors (Lipinski definition) is 4. The predicted octanol–water partition coefficient (Wildman–Crippen LogP) is 4.90. The quantitative estimate of drug-likeness (QED) is 0.690. The van der Waals surface area contributed by atoms with E-state index in [1.807, 2.05) is 30.3 Å². The molecule has 4 rings (SSSR count). The zero-order chi connectivity index (χ0) is 20.8. The first-order valence-electron chi connectivity index (χ1n) is 11.6. The number of ether oxygens (including phenoxy) is 1. The van der Waals surface area contributed by atoms with Crippen molar-refractivity contribution in [3.63, 3.8) is 0 Å². The van der Waals surface area contributed by atoms with Crippen molar-refractivity contribution >= 4 is 0 Å². The Morgan fingerprint density at radius 2 is 1.43 bits per heavy atom. The van der Waals surface area contributed by atoms with Crippen LogP contribution in [0.2, 0.25) is 0 Å². The third-order valence-corrected chi connectivity index (χ3v) is 6.92. The average molecular weight is 409 g/mol. The first-order chi connectivity index (χ1) is 14.6. The number of para-hydroxylation sites is 1. The van der Waals surface area contributed by atoms with Crippen LogP contribution in [-0.2, 0) is 0 Å². The highest BCUT2D eigenvalue weighted by Gasteiger charge is 2.39. The summed E-state index contributed by atoms with van der Waals surface area (Å²) in [4.78, 5) is 4.93. The highest BCUT2D eigenvalue weighted by Crippen LogP contribution is 2.40. The van der Waals surface area contributed by atoms with Gasteiger partial charge in [-0.25, -0.2) is 0 Å². The maximum absolute atomic E-state index is 11.8. The average Bonchev–Trinajstić information content (AvgIpc) is 3.00.